The molecule has 0 aliphatic carbocycles. The number of sulfonamides is 1. The van der Waals surface area contributed by atoms with Crippen LogP contribution in [0.1, 0.15) is 5.69 Å². The van der Waals surface area contributed by atoms with Gasteiger partial charge in [0.2, 0.25) is 0 Å². The summed E-state index contributed by atoms with van der Waals surface area (Å²) in [5, 5.41) is 5.70. The van der Waals surface area contributed by atoms with E-state index in [1.807, 2.05) is 18.4 Å². The van der Waals surface area contributed by atoms with E-state index >= 15 is 0 Å². The number of nitrogens with zero attached hydrogens (tertiary/aromatic N) is 2. The number of pyridine rings is 1. The van der Waals surface area contributed by atoms with E-state index in [9.17, 15) is 8.42 Å². The Hall–Kier alpha value is -1.87. The first-order chi connectivity index (χ1) is 11.8. The van der Waals surface area contributed by atoms with Crippen molar-refractivity contribution in [3.8, 4) is 0 Å². The maximum absolute atomic E-state index is 12.5. The number of aromatic nitrogens is 2. The third kappa shape index (κ3) is 4.40. The van der Waals surface area contributed by atoms with Crippen molar-refractivity contribution in [2.75, 3.05) is 10.0 Å². The SMILES string of the molecule is Cc1csc(Nc2cccc(NS(=O)(=O)c3ccc(Cl)nc3Cl)c2)n1. The van der Waals surface area contributed by atoms with Crippen LogP contribution >= 0.6 is 34.5 Å². The standard InChI is InChI=1S/C15H12Cl2N4O2S2/c1-9-8-24-15(18-9)19-10-3-2-4-11(7-10)21-25(22,23)12-5-6-13(16)20-14(12)17/h2-8,21H,1H3,(H,18,19). The van der Waals surface area contributed by atoms with Crippen LogP contribution in [-0.2, 0) is 10.0 Å². The van der Waals surface area contributed by atoms with E-state index in [1.165, 1.54) is 23.5 Å². The summed E-state index contributed by atoms with van der Waals surface area (Å²) in [5.74, 6) is 0. The van der Waals surface area contributed by atoms with E-state index in [1.54, 1.807) is 18.2 Å². The summed E-state index contributed by atoms with van der Waals surface area (Å²) >= 11 is 13.1. The molecule has 0 aliphatic rings. The Kier molecular flexibility index (Phi) is 5.14. The van der Waals surface area contributed by atoms with E-state index in [0.717, 1.165) is 10.8 Å². The minimum Gasteiger partial charge on any atom is -0.331 e. The fourth-order valence-corrected chi connectivity index (χ4v) is 4.42. The Morgan fingerprint density at radius 2 is 1.84 bits per heavy atom. The summed E-state index contributed by atoms with van der Waals surface area (Å²) in [6.07, 6.45) is 0. The molecule has 1 aromatic carbocycles. The minimum absolute atomic E-state index is 0.119. The van der Waals surface area contributed by atoms with Gasteiger partial charge in [0.1, 0.15) is 10.0 Å². The quantitative estimate of drug-likeness (QED) is 0.591. The number of rotatable bonds is 5. The Labute approximate surface area is 158 Å². The molecular formula is C15H12Cl2N4O2S2. The molecule has 25 heavy (non-hydrogen) atoms. The van der Waals surface area contributed by atoms with Crippen molar-refractivity contribution in [1.82, 2.24) is 9.97 Å². The molecule has 0 fully saturated rings. The zero-order valence-corrected chi connectivity index (χ0v) is 16.0. The average molecular weight is 415 g/mol. The molecule has 6 nitrogen and oxygen atoms in total. The number of halogens is 2. The highest BCUT2D eigenvalue weighted by Gasteiger charge is 2.19. The van der Waals surface area contributed by atoms with Crippen molar-refractivity contribution in [2.24, 2.45) is 0 Å². The molecule has 0 aliphatic heterocycles. The number of anilines is 3. The van der Waals surface area contributed by atoms with Crippen LogP contribution in [0.4, 0.5) is 16.5 Å². The topological polar surface area (TPSA) is 84.0 Å². The van der Waals surface area contributed by atoms with Crippen LogP contribution < -0.4 is 10.0 Å². The summed E-state index contributed by atoms with van der Waals surface area (Å²) in [4.78, 5) is 7.91. The zero-order chi connectivity index (χ0) is 18.0. The van der Waals surface area contributed by atoms with Gasteiger partial charge in [-0.05, 0) is 37.3 Å². The molecule has 0 amide bonds. The number of nitrogens with one attached hydrogen (secondary N) is 2. The predicted octanol–water partition coefficient (Wildman–Crippen LogP) is 4.70. The lowest BCUT2D eigenvalue weighted by molar-refractivity contribution is 0.601. The molecule has 0 atom stereocenters. The lowest BCUT2D eigenvalue weighted by atomic mass is 10.3. The summed E-state index contributed by atoms with van der Waals surface area (Å²) in [7, 11) is -3.89. The molecule has 10 heteroatoms. The van der Waals surface area contributed by atoms with Crippen LogP contribution in [0.3, 0.4) is 0 Å². The van der Waals surface area contributed by atoms with Crippen molar-refractivity contribution < 1.29 is 8.42 Å². The van der Waals surface area contributed by atoms with Crippen LogP contribution in [0, 0.1) is 6.92 Å². The van der Waals surface area contributed by atoms with Crippen LogP contribution in [0.15, 0.2) is 46.7 Å². The summed E-state index contributed by atoms with van der Waals surface area (Å²) in [6.45, 7) is 1.90. The molecule has 3 aromatic rings. The van der Waals surface area contributed by atoms with Gasteiger partial charge in [0, 0.05) is 11.1 Å². The molecule has 3 rings (SSSR count). The fourth-order valence-electron chi connectivity index (χ4n) is 2.01. The van der Waals surface area contributed by atoms with Gasteiger partial charge in [0.05, 0.1) is 11.4 Å². The first kappa shape index (κ1) is 17.9. The first-order valence-electron chi connectivity index (χ1n) is 6.97. The number of hydrogen-bond acceptors (Lipinski definition) is 6. The third-order valence-corrected chi connectivity index (χ3v) is 5.95. The second kappa shape index (κ2) is 7.17. The van der Waals surface area contributed by atoms with Crippen LogP contribution in [0.5, 0.6) is 0 Å². The third-order valence-electron chi connectivity index (χ3n) is 3.06. The fraction of sp³-hybridized carbons (Fsp3) is 0.0667. The lowest BCUT2D eigenvalue weighted by Gasteiger charge is -2.10. The van der Waals surface area contributed by atoms with Gasteiger partial charge in [0.15, 0.2) is 10.3 Å². The second-order valence-electron chi connectivity index (χ2n) is 5.03. The molecule has 2 N–H and O–H groups in total. The average Bonchev–Trinajstić information content (AvgIpc) is 2.91. The van der Waals surface area contributed by atoms with Crippen LogP contribution in [0.2, 0.25) is 10.3 Å². The number of hydrogen-bond donors (Lipinski definition) is 2. The van der Waals surface area contributed by atoms with Gasteiger partial charge in [-0.1, -0.05) is 29.3 Å². The van der Waals surface area contributed by atoms with E-state index in [-0.39, 0.29) is 15.2 Å². The molecule has 2 heterocycles. The van der Waals surface area contributed by atoms with Gasteiger partial charge < -0.3 is 5.32 Å². The molecular weight excluding hydrogens is 403 g/mol. The maximum atomic E-state index is 12.5. The van der Waals surface area contributed by atoms with Crippen molar-refractivity contribution in [3.63, 3.8) is 0 Å². The van der Waals surface area contributed by atoms with Gasteiger partial charge >= 0.3 is 0 Å². The highest BCUT2D eigenvalue weighted by molar-refractivity contribution is 7.92. The number of benzene rings is 1. The first-order valence-corrected chi connectivity index (χ1v) is 10.1. The lowest BCUT2D eigenvalue weighted by Crippen LogP contribution is -2.14. The largest absolute Gasteiger partial charge is 0.331 e. The zero-order valence-electron chi connectivity index (χ0n) is 12.8. The molecule has 0 radical (unpaired) electrons. The van der Waals surface area contributed by atoms with Gasteiger partial charge in [-0.2, -0.15) is 0 Å². The Bertz CT molecular complexity index is 1020. The van der Waals surface area contributed by atoms with Gasteiger partial charge in [-0.15, -0.1) is 11.3 Å². The van der Waals surface area contributed by atoms with Gasteiger partial charge in [-0.3, -0.25) is 4.72 Å². The van der Waals surface area contributed by atoms with Crippen molar-refractivity contribution >= 4 is 61.1 Å². The maximum Gasteiger partial charge on any atom is 0.264 e. The van der Waals surface area contributed by atoms with E-state index in [0.29, 0.717) is 11.4 Å². The van der Waals surface area contributed by atoms with Crippen LogP contribution in [-0.4, -0.2) is 18.4 Å². The Balaban J connectivity index is 1.83. The highest BCUT2D eigenvalue weighted by Crippen LogP contribution is 2.26. The normalized spacial score (nSPS) is 11.3. The Morgan fingerprint density at radius 1 is 1.08 bits per heavy atom. The summed E-state index contributed by atoms with van der Waals surface area (Å²) in [5.41, 5.74) is 1.99. The van der Waals surface area contributed by atoms with Gasteiger partial charge in [0.25, 0.3) is 10.0 Å². The highest BCUT2D eigenvalue weighted by atomic mass is 35.5. The summed E-state index contributed by atoms with van der Waals surface area (Å²) < 4.78 is 27.5. The van der Waals surface area contributed by atoms with E-state index in [2.05, 4.69) is 20.0 Å². The molecule has 2 aromatic heterocycles. The monoisotopic (exact) mass is 414 g/mol. The van der Waals surface area contributed by atoms with Crippen LogP contribution in [0.25, 0.3) is 0 Å². The van der Waals surface area contributed by atoms with Crippen molar-refractivity contribution in [1.29, 1.82) is 0 Å². The van der Waals surface area contributed by atoms with Gasteiger partial charge in [-0.25, -0.2) is 18.4 Å². The molecule has 0 saturated carbocycles. The number of thiazole rings is 1. The van der Waals surface area contributed by atoms with Crippen molar-refractivity contribution in [3.05, 3.63) is 57.8 Å². The minimum atomic E-state index is -3.89. The van der Waals surface area contributed by atoms with E-state index in [4.69, 9.17) is 23.2 Å². The molecule has 0 saturated heterocycles. The molecule has 130 valence electrons. The van der Waals surface area contributed by atoms with E-state index < -0.39 is 10.0 Å². The number of aryl methyl sites for hydroxylation is 1. The summed E-state index contributed by atoms with van der Waals surface area (Å²) in [6, 6.07) is 9.50. The molecule has 0 bridgehead atoms. The van der Waals surface area contributed by atoms with Crippen molar-refractivity contribution in [2.45, 2.75) is 11.8 Å². The predicted molar refractivity (Wildman–Crippen MR) is 102 cm³/mol. The smallest absolute Gasteiger partial charge is 0.264 e. The Morgan fingerprint density at radius 3 is 2.52 bits per heavy atom. The second-order valence-corrected chi connectivity index (χ2v) is 8.28. The molecule has 0 spiro atoms. The molecule has 0 unspecified atom stereocenters.